The van der Waals surface area contributed by atoms with Crippen LogP contribution in [-0.4, -0.2) is 35.2 Å². The van der Waals surface area contributed by atoms with Crippen molar-refractivity contribution in [1.29, 1.82) is 0 Å². The van der Waals surface area contributed by atoms with Crippen molar-refractivity contribution in [3.8, 4) is 0 Å². The monoisotopic (exact) mass is 489 g/mol. The van der Waals surface area contributed by atoms with Gasteiger partial charge in [0.25, 0.3) is 5.97 Å². The molecule has 0 heterocycles. The second-order valence-corrected chi connectivity index (χ2v) is 5.32. The summed E-state index contributed by atoms with van der Waals surface area (Å²) in [6, 6.07) is 0. The fraction of sp³-hybridized carbons (Fsp3) is 0.571. The molecular formula is C7H16Cl2N2O6Pt. The summed E-state index contributed by atoms with van der Waals surface area (Å²) in [5, 5.41) is 15.5. The van der Waals surface area contributed by atoms with Crippen LogP contribution in [0.3, 0.4) is 0 Å². The molecule has 0 aliphatic carbocycles. The maximum absolute atomic E-state index is 10.2. The summed E-state index contributed by atoms with van der Waals surface area (Å²) in [6.45, 7) is 1.08. The van der Waals surface area contributed by atoms with Crippen molar-refractivity contribution in [2.24, 2.45) is 0 Å². The summed E-state index contributed by atoms with van der Waals surface area (Å²) in [4.78, 5) is 29.0. The van der Waals surface area contributed by atoms with E-state index in [1.165, 1.54) is 7.11 Å². The van der Waals surface area contributed by atoms with E-state index in [1.54, 1.807) is 0 Å². The van der Waals surface area contributed by atoms with Gasteiger partial charge in [-0.2, -0.15) is 0 Å². The molecule has 0 aromatic rings. The number of carbonyl (C=O) groups is 3. The van der Waals surface area contributed by atoms with Crippen molar-refractivity contribution in [1.82, 2.24) is 0 Å². The van der Waals surface area contributed by atoms with Crippen LogP contribution in [0.4, 0.5) is 0 Å². The van der Waals surface area contributed by atoms with Gasteiger partial charge in [-0.1, -0.05) is 0 Å². The second kappa shape index (κ2) is 25.4. The van der Waals surface area contributed by atoms with Gasteiger partial charge in [-0.3, -0.25) is 14.4 Å². The van der Waals surface area contributed by atoms with E-state index in [1.807, 2.05) is 0 Å². The number of ether oxygens (including phenoxy) is 1. The minimum absolute atomic E-state index is 0. The smallest absolute Gasteiger partial charge is 0.693 e. The van der Waals surface area contributed by atoms with Gasteiger partial charge in [-0.05, 0) is 0 Å². The van der Waals surface area contributed by atoms with Gasteiger partial charge in [0.15, 0.2) is 0 Å². The fourth-order valence-electron chi connectivity index (χ4n) is 0.311. The third kappa shape index (κ3) is 76.4. The molecule has 114 valence electrons. The van der Waals surface area contributed by atoms with Gasteiger partial charge in [-0.25, -0.2) is 0 Å². The van der Waals surface area contributed by atoms with E-state index in [4.69, 9.17) is 33.8 Å². The molecule has 0 aromatic heterocycles. The van der Waals surface area contributed by atoms with Crippen LogP contribution in [0.25, 0.3) is 12.3 Å². The summed E-state index contributed by atoms with van der Waals surface area (Å²) in [7, 11) is 11.0. The summed E-state index contributed by atoms with van der Waals surface area (Å²) in [5.41, 5.74) is 0. The molecule has 18 heavy (non-hydrogen) atoms. The summed E-state index contributed by atoms with van der Waals surface area (Å²) < 4.78 is 4.20. The summed E-state index contributed by atoms with van der Waals surface area (Å²) in [6.07, 6.45) is -0.210. The van der Waals surface area contributed by atoms with Crippen molar-refractivity contribution >= 4 is 36.7 Å². The Morgan fingerprint density at radius 2 is 1.39 bits per heavy atom. The molecule has 11 heteroatoms. The molecule has 0 amide bonds. The molecule has 0 radical (unpaired) electrons. The molecule has 0 saturated carbocycles. The second-order valence-electron chi connectivity index (χ2n) is 2.03. The number of hydrogen-bond donors (Lipinski definition) is 2. The molecule has 0 aliphatic heterocycles. The summed E-state index contributed by atoms with van der Waals surface area (Å²) in [5.74, 6) is -2.31. The molecular weight excluding hydrogens is 474 g/mol. The van der Waals surface area contributed by atoms with Gasteiger partial charge in [0.2, 0.25) is 0 Å². The van der Waals surface area contributed by atoms with Crippen LogP contribution in [0.2, 0.25) is 0 Å². The molecule has 0 rings (SSSR count). The minimum Gasteiger partial charge on any atom is -0.693 e. The summed E-state index contributed by atoms with van der Waals surface area (Å²) >= 11 is -0.472. The maximum Gasteiger partial charge on any atom is -0.693 e. The Balaban J connectivity index is -0.0000000536. The zero-order valence-corrected chi connectivity index (χ0v) is 13.5. The van der Waals surface area contributed by atoms with Crippen LogP contribution in [-0.2, 0) is 35.6 Å². The zero-order valence-electron chi connectivity index (χ0n) is 9.67. The van der Waals surface area contributed by atoms with E-state index in [-0.39, 0.29) is 25.1 Å². The van der Waals surface area contributed by atoms with Gasteiger partial charge in [-0.15, -0.1) is 0 Å². The van der Waals surface area contributed by atoms with Crippen molar-refractivity contribution in [2.75, 3.05) is 7.11 Å². The number of rotatable bonds is 3. The van der Waals surface area contributed by atoms with Crippen molar-refractivity contribution in [2.45, 2.75) is 19.8 Å². The Kier molecular flexibility index (Phi) is 43.2. The van der Waals surface area contributed by atoms with Crippen LogP contribution in [0.15, 0.2) is 0 Å². The van der Waals surface area contributed by atoms with Gasteiger partial charge in [0.05, 0.1) is 20.0 Å². The molecule has 0 aliphatic rings. The number of hydrogen-bond acceptors (Lipinski definition) is 4. The first kappa shape index (κ1) is 30.5. The molecule has 0 bridgehead atoms. The third-order valence-electron chi connectivity index (χ3n) is 0.771. The van der Waals surface area contributed by atoms with E-state index >= 15 is 0 Å². The maximum atomic E-state index is 10.2. The minimum atomic E-state index is -0.986. The first-order chi connectivity index (χ1) is 7.31. The Labute approximate surface area is 122 Å². The molecule has 8 nitrogen and oxygen atoms in total. The van der Waals surface area contributed by atoms with E-state index in [0.717, 1.165) is 6.92 Å². The number of carboxylic acid groups (broad SMARTS) is 2. The first-order valence-electron chi connectivity index (χ1n) is 3.62. The number of carboxylic acids is 2. The molecule has 0 atom stereocenters. The number of halogens is 2. The Morgan fingerprint density at radius 1 is 1.11 bits per heavy atom. The van der Waals surface area contributed by atoms with Gasteiger partial charge in [0, 0.05) is 6.92 Å². The number of methoxy groups -OCH3 is 1. The number of aliphatic carboxylic acids is 2. The molecule has 0 saturated heterocycles. The van der Waals surface area contributed by atoms with Crippen molar-refractivity contribution < 1.29 is 45.8 Å². The number of carbonyl (C=O) groups excluding carboxylic acids is 1. The van der Waals surface area contributed by atoms with Crippen LogP contribution >= 0.6 is 18.8 Å². The average molecular weight is 490 g/mol. The van der Waals surface area contributed by atoms with Crippen LogP contribution in [0, 0.1) is 0 Å². The Morgan fingerprint density at radius 3 is 1.56 bits per heavy atom. The normalized spacial score (nSPS) is 6.89. The van der Waals surface area contributed by atoms with Crippen molar-refractivity contribution in [3.05, 3.63) is 12.3 Å². The topological polar surface area (TPSA) is 168 Å². The van der Waals surface area contributed by atoms with E-state index in [0.29, 0.717) is 0 Å². The van der Waals surface area contributed by atoms with E-state index in [2.05, 4.69) is 4.74 Å². The van der Waals surface area contributed by atoms with Gasteiger partial charge < -0.3 is 27.3 Å². The SMILES string of the molecule is CC(=O)O.COC(=O)CCC(=O)O.[Cl][Pt+2][Cl].[NH2-].[NH2-]. The van der Waals surface area contributed by atoms with Gasteiger partial charge >= 0.3 is 47.3 Å². The van der Waals surface area contributed by atoms with Crippen LogP contribution in [0.5, 0.6) is 0 Å². The largest absolute Gasteiger partial charge is 0.693 e. The van der Waals surface area contributed by atoms with E-state index in [9.17, 15) is 9.59 Å². The number of esters is 1. The fourth-order valence-corrected chi connectivity index (χ4v) is 0.311. The predicted octanol–water partition coefficient (Wildman–Crippen LogP) is 2.93. The molecule has 0 fully saturated rings. The van der Waals surface area contributed by atoms with Crippen LogP contribution < -0.4 is 0 Å². The third-order valence-corrected chi connectivity index (χ3v) is 0.771. The number of nitrogens with two attached hydrogens (primary N) is 2. The van der Waals surface area contributed by atoms with Crippen molar-refractivity contribution in [3.63, 3.8) is 0 Å². The average Bonchev–Trinajstić information content (AvgIpc) is 2.14. The quantitative estimate of drug-likeness (QED) is 0.577. The molecule has 6 N–H and O–H groups in total. The zero-order chi connectivity index (χ0) is 13.6. The molecule has 0 unspecified atom stereocenters. The standard InChI is InChI=1S/C5H8O4.C2H4O2.2ClH.2H2N.Pt/c1-9-5(8)3-2-4(6)7;1-2(3)4;;;;;/h2-3H2,1H3,(H,6,7);1H3,(H,3,4);2*1H;2*1H2;/q;;;;2*-1;+4/p-2. The Hall–Kier alpha value is -0.402. The molecule has 0 spiro atoms. The first-order valence-corrected chi connectivity index (χ1v) is 9.25. The molecule has 0 aromatic carbocycles. The van der Waals surface area contributed by atoms with Crippen LogP contribution in [0.1, 0.15) is 19.8 Å². The Bertz CT molecular complexity index is 216. The van der Waals surface area contributed by atoms with E-state index < -0.39 is 34.4 Å². The predicted molar refractivity (Wildman–Crippen MR) is 64.5 cm³/mol. The van der Waals surface area contributed by atoms with Gasteiger partial charge in [0.1, 0.15) is 0 Å².